The normalized spacial score (nSPS) is 15.8. The number of anilines is 1. The monoisotopic (exact) mass is 363 g/mol. The number of aryl methyl sites for hydroxylation is 3. The fourth-order valence-corrected chi connectivity index (χ4v) is 3.68. The molecule has 1 saturated heterocycles. The second-order valence-corrected chi connectivity index (χ2v) is 6.75. The number of rotatable bonds is 4. The molecule has 0 amide bonds. The molecule has 0 bridgehead atoms. The minimum absolute atomic E-state index is 0.671. The van der Waals surface area contributed by atoms with Gasteiger partial charge in [-0.05, 0) is 13.8 Å². The Labute approximate surface area is 152 Å². The second kappa shape index (κ2) is 7.81. The van der Waals surface area contributed by atoms with E-state index in [0.717, 1.165) is 66.5 Å². The summed E-state index contributed by atoms with van der Waals surface area (Å²) in [6.07, 6.45) is 0.884. The smallest absolute Gasteiger partial charge is 0.205 e. The number of hydrogen-bond donors (Lipinski definition) is 1. The Morgan fingerprint density at radius 2 is 2.04 bits per heavy atom. The van der Waals surface area contributed by atoms with Crippen LogP contribution in [0.2, 0.25) is 0 Å². The van der Waals surface area contributed by atoms with Gasteiger partial charge in [0.15, 0.2) is 5.96 Å². The van der Waals surface area contributed by atoms with Gasteiger partial charge in [0.1, 0.15) is 11.6 Å². The van der Waals surface area contributed by atoms with Crippen molar-refractivity contribution in [2.45, 2.75) is 33.7 Å². The van der Waals surface area contributed by atoms with Gasteiger partial charge in [-0.15, -0.1) is 0 Å². The molecule has 0 spiro atoms. The molecule has 25 heavy (non-hydrogen) atoms. The summed E-state index contributed by atoms with van der Waals surface area (Å²) in [5.74, 6) is 2.69. The third-order valence-corrected chi connectivity index (χ3v) is 5.25. The van der Waals surface area contributed by atoms with E-state index in [2.05, 4.69) is 41.5 Å². The molecule has 0 radical (unpaired) electrons. The SMILES string of the molecule is CCc1nsc(N2CCN(C(=NC)NCc3c(C)noc3C)CC2)n1. The maximum absolute atomic E-state index is 5.22. The van der Waals surface area contributed by atoms with Crippen LogP contribution in [0.25, 0.3) is 0 Å². The summed E-state index contributed by atoms with van der Waals surface area (Å²) in [7, 11) is 1.82. The molecule has 1 N–H and O–H groups in total. The standard InChI is InChI=1S/C16H25N7OS/c1-5-14-19-16(25-21-14)23-8-6-22(7-9-23)15(17-4)18-10-13-11(2)20-24-12(13)3/h5-10H2,1-4H3,(H,17,18). The van der Waals surface area contributed by atoms with Crippen LogP contribution in [-0.2, 0) is 13.0 Å². The Hall–Kier alpha value is -2.16. The van der Waals surface area contributed by atoms with Gasteiger partial charge in [-0.3, -0.25) is 4.99 Å². The maximum Gasteiger partial charge on any atom is 0.205 e. The maximum atomic E-state index is 5.22. The number of aliphatic imine (C=N–C) groups is 1. The lowest BCUT2D eigenvalue weighted by Crippen LogP contribution is -2.52. The van der Waals surface area contributed by atoms with Gasteiger partial charge in [0.25, 0.3) is 0 Å². The molecule has 136 valence electrons. The van der Waals surface area contributed by atoms with Gasteiger partial charge >= 0.3 is 0 Å². The summed E-state index contributed by atoms with van der Waals surface area (Å²) in [5.41, 5.74) is 2.02. The van der Waals surface area contributed by atoms with E-state index >= 15 is 0 Å². The Morgan fingerprint density at radius 1 is 1.28 bits per heavy atom. The highest BCUT2D eigenvalue weighted by atomic mass is 32.1. The van der Waals surface area contributed by atoms with E-state index in [1.54, 1.807) is 0 Å². The lowest BCUT2D eigenvalue weighted by molar-refractivity contribution is 0.371. The van der Waals surface area contributed by atoms with E-state index in [-0.39, 0.29) is 0 Å². The van der Waals surface area contributed by atoms with Crippen LogP contribution in [0.3, 0.4) is 0 Å². The van der Waals surface area contributed by atoms with Crippen molar-refractivity contribution in [2.75, 3.05) is 38.1 Å². The zero-order valence-corrected chi connectivity index (χ0v) is 16.1. The predicted molar refractivity (Wildman–Crippen MR) is 99.2 cm³/mol. The Bertz CT molecular complexity index is 711. The first kappa shape index (κ1) is 17.7. The zero-order chi connectivity index (χ0) is 17.8. The molecule has 1 fully saturated rings. The van der Waals surface area contributed by atoms with Crippen LogP contribution in [0.4, 0.5) is 5.13 Å². The summed E-state index contributed by atoms with van der Waals surface area (Å²) in [4.78, 5) is 13.6. The van der Waals surface area contributed by atoms with E-state index in [4.69, 9.17) is 4.52 Å². The zero-order valence-electron chi connectivity index (χ0n) is 15.2. The number of guanidine groups is 1. The fourth-order valence-electron chi connectivity index (χ4n) is 2.88. The number of nitrogens with zero attached hydrogens (tertiary/aromatic N) is 6. The summed E-state index contributed by atoms with van der Waals surface area (Å²) in [6.45, 7) is 10.3. The third-order valence-electron chi connectivity index (χ3n) is 4.44. The van der Waals surface area contributed by atoms with Crippen molar-refractivity contribution in [3.05, 3.63) is 22.8 Å². The second-order valence-electron chi connectivity index (χ2n) is 6.02. The quantitative estimate of drug-likeness (QED) is 0.652. The predicted octanol–water partition coefficient (Wildman–Crippen LogP) is 1.60. The van der Waals surface area contributed by atoms with Crippen LogP contribution in [0.1, 0.15) is 29.8 Å². The summed E-state index contributed by atoms with van der Waals surface area (Å²) >= 11 is 1.49. The molecule has 2 aromatic rings. The van der Waals surface area contributed by atoms with Gasteiger partial charge in [0, 0.05) is 63.3 Å². The van der Waals surface area contributed by atoms with Gasteiger partial charge in [-0.2, -0.15) is 4.37 Å². The number of piperazine rings is 1. The molecule has 8 nitrogen and oxygen atoms in total. The third kappa shape index (κ3) is 3.92. The molecular formula is C16H25N7OS. The minimum atomic E-state index is 0.671. The summed E-state index contributed by atoms with van der Waals surface area (Å²) < 4.78 is 9.60. The lowest BCUT2D eigenvalue weighted by Gasteiger charge is -2.36. The number of nitrogens with one attached hydrogen (secondary N) is 1. The van der Waals surface area contributed by atoms with Gasteiger partial charge in [-0.25, -0.2) is 4.98 Å². The molecule has 2 aromatic heterocycles. The molecule has 0 atom stereocenters. The van der Waals surface area contributed by atoms with Crippen LogP contribution in [0.15, 0.2) is 9.52 Å². The summed E-state index contributed by atoms with van der Waals surface area (Å²) in [6, 6.07) is 0. The van der Waals surface area contributed by atoms with Gasteiger partial charge in [-0.1, -0.05) is 12.1 Å². The summed E-state index contributed by atoms with van der Waals surface area (Å²) in [5, 5.41) is 8.44. The Balaban J connectivity index is 1.55. The highest BCUT2D eigenvalue weighted by Gasteiger charge is 2.22. The van der Waals surface area contributed by atoms with Gasteiger partial charge in [0.2, 0.25) is 5.13 Å². The Morgan fingerprint density at radius 3 is 2.60 bits per heavy atom. The van der Waals surface area contributed by atoms with Crippen molar-refractivity contribution in [3.63, 3.8) is 0 Å². The minimum Gasteiger partial charge on any atom is -0.361 e. The van der Waals surface area contributed by atoms with Gasteiger partial charge in [0.05, 0.1) is 5.69 Å². The molecule has 9 heteroatoms. The first-order valence-electron chi connectivity index (χ1n) is 8.57. The van der Waals surface area contributed by atoms with Crippen molar-refractivity contribution in [3.8, 4) is 0 Å². The van der Waals surface area contributed by atoms with Crippen LogP contribution < -0.4 is 10.2 Å². The highest BCUT2D eigenvalue weighted by molar-refractivity contribution is 7.09. The largest absolute Gasteiger partial charge is 0.361 e. The molecule has 0 aromatic carbocycles. The first-order chi connectivity index (χ1) is 12.1. The van der Waals surface area contributed by atoms with Crippen molar-refractivity contribution >= 4 is 22.6 Å². The topological polar surface area (TPSA) is 82.7 Å². The van der Waals surface area contributed by atoms with E-state index in [1.807, 2.05) is 20.9 Å². The molecule has 0 saturated carbocycles. The van der Waals surface area contributed by atoms with Crippen LogP contribution in [0, 0.1) is 13.8 Å². The van der Waals surface area contributed by atoms with E-state index in [0.29, 0.717) is 6.54 Å². The number of aromatic nitrogens is 3. The van der Waals surface area contributed by atoms with Crippen molar-refractivity contribution < 1.29 is 4.52 Å². The lowest BCUT2D eigenvalue weighted by atomic mass is 10.2. The molecular weight excluding hydrogens is 338 g/mol. The highest BCUT2D eigenvalue weighted by Crippen LogP contribution is 2.19. The van der Waals surface area contributed by atoms with Gasteiger partial charge < -0.3 is 19.6 Å². The fraction of sp³-hybridized carbons (Fsp3) is 0.625. The Kier molecular flexibility index (Phi) is 5.52. The first-order valence-corrected chi connectivity index (χ1v) is 9.34. The van der Waals surface area contributed by atoms with Crippen molar-refractivity contribution in [2.24, 2.45) is 4.99 Å². The molecule has 0 aliphatic carbocycles. The van der Waals surface area contributed by atoms with E-state index in [1.165, 1.54) is 11.5 Å². The van der Waals surface area contributed by atoms with E-state index in [9.17, 15) is 0 Å². The van der Waals surface area contributed by atoms with Crippen LogP contribution in [-0.4, -0.2) is 58.6 Å². The molecule has 1 aliphatic heterocycles. The molecule has 1 aliphatic rings. The van der Waals surface area contributed by atoms with Crippen molar-refractivity contribution in [1.29, 1.82) is 0 Å². The average Bonchev–Trinajstić information content (AvgIpc) is 3.24. The van der Waals surface area contributed by atoms with E-state index < -0.39 is 0 Å². The van der Waals surface area contributed by atoms with Crippen LogP contribution in [0.5, 0.6) is 0 Å². The molecule has 3 rings (SSSR count). The molecule has 0 unspecified atom stereocenters. The average molecular weight is 363 g/mol. The van der Waals surface area contributed by atoms with Crippen molar-refractivity contribution in [1.82, 2.24) is 24.7 Å². The molecule has 3 heterocycles. The number of hydrogen-bond acceptors (Lipinski definition) is 7. The van der Waals surface area contributed by atoms with Crippen LogP contribution >= 0.6 is 11.5 Å².